The first-order valence-corrected chi connectivity index (χ1v) is 10.7. The van der Waals surface area contributed by atoms with Crippen LogP contribution in [0.2, 0.25) is 0 Å². The Labute approximate surface area is 165 Å². The van der Waals surface area contributed by atoms with E-state index in [0.29, 0.717) is 22.3 Å². The summed E-state index contributed by atoms with van der Waals surface area (Å²) < 4.78 is 19.8. The van der Waals surface area contributed by atoms with Gasteiger partial charge in [-0.2, -0.15) is 0 Å². The highest BCUT2D eigenvalue weighted by molar-refractivity contribution is 6.04. The van der Waals surface area contributed by atoms with Crippen molar-refractivity contribution in [3.63, 3.8) is 0 Å². The lowest BCUT2D eigenvalue weighted by atomic mass is 9.77. The van der Waals surface area contributed by atoms with E-state index in [1.807, 2.05) is 18.2 Å². The molecule has 0 spiro atoms. The van der Waals surface area contributed by atoms with Gasteiger partial charge in [-0.3, -0.25) is 0 Å². The van der Waals surface area contributed by atoms with Crippen molar-refractivity contribution in [2.75, 3.05) is 0 Å². The summed E-state index contributed by atoms with van der Waals surface area (Å²) in [4.78, 5) is 12.6. The summed E-state index contributed by atoms with van der Waals surface area (Å²) >= 11 is 0. The molecule has 0 radical (unpaired) electrons. The molecule has 2 aromatic carbocycles. The fourth-order valence-electron chi connectivity index (χ4n) is 4.80. The van der Waals surface area contributed by atoms with Gasteiger partial charge in [0.1, 0.15) is 0 Å². The molecule has 28 heavy (non-hydrogen) atoms. The van der Waals surface area contributed by atoms with Gasteiger partial charge in [0.05, 0.1) is 5.39 Å². The Hall–Kier alpha value is -2.16. The largest absolute Gasteiger partial charge is 0.419 e. The molecule has 0 saturated heterocycles. The van der Waals surface area contributed by atoms with E-state index in [1.54, 1.807) is 13.0 Å². The van der Waals surface area contributed by atoms with Crippen molar-refractivity contribution in [1.29, 1.82) is 0 Å². The van der Waals surface area contributed by atoms with Crippen LogP contribution in [0.15, 0.2) is 39.5 Å². The molecule has 1 fully saturated rings. The smallest absolute Gasteiger partial charge is 0.344 e. The number of rotatable bonds is 5. The highest BCUT2D eigenvalue weighted by Gasteiger charge is 2.23. The number of fused-ring (bicyclic) bond motifs is 3. The SMILES string of the molecule is CCCCCC1CCC(c2ccc3c(c2)c(=O)oc2c(F)c(C)ccc23)CC1. The normalized spacial score (nSPS) is 20.1. The fourth-order valence-corrected chi connectivity index (χ4v) is 4.80. The summed E-state index contributed by atoms with van der Waals surface area (Å²) in [6, 6.07) is 9.68. The van der Waals surface area contributed by atoms with Gasteiger partial charge in [-0.25, -0.2) is 9.18 Å². The highest BCUT2D eigenvalue weighted by Crippen LogP contribution is 2.39. The number of hydrogen-bond donors (Lipinski definition) is 0. The van der Waals surface area contributed by atoms with Gasteiger partial charge in [-0.15, -0.1) is 0 Å². The van der Waals surface area contributed by atoms with E-state index in [2.05, 4.69) is 13.0 Å². The summed E-state index contributed by atoms with van der Waals surface area (Å²) in [5.41, 5.74) is 1.33. The maximum atomic E-state index is 14.4. The van der Waals surface area contributed by atoms with Crippen molar-refractivity contribution in [3.05, 3.63) is 57.7 Å². The minimum absolute atomic E-state index is 0.0674. The van der Waals surface area contributed by atoms with Gasteiger partial charge in [-0.1, -0.05) is 56.9 Å². The Bertz CT molecular complexity index is 1040. The van der Waals surface area contributed by atoms with Gasteiger partial charge in [0.15, 0.2) is 11.4 Å². The van der Waals surface area contributed by atoms with E-state index < -0.39 is 11.4 Å². The third-order valence-electron chi connectivity index (χ3n) is 6.57. The molecule has 148 valence electrons. The quantitative estimate of drug-likeness (QED) is 0.265. The summed E-state index contributed by atoms with van der Waals surface area (Å²) in [5.74, 6) is 0.933. The minimum atomic E-state index is -0.443. The molecule has 3 heteroatoms. The molecule has 0 unspecified atom stereocenters. The van der Waals surface area contributed by atoms with Crippen molar-refractivity contribution in [1.82, 2.24) is 0 Å². The van der Waals surface area contributed by atoms with E-state index >= 15 is 0 Å². The molecule has 0 bridgehead atoms. The zero-order chi connectivity index (χ0) is 19.7. The topological polar surface area (TPSA) is 30.2 Å². The molecule has 0 atom stereocenters. The summed E-state index contributed by atoms with van der Waals surface area (Å²) in [7, 11) is 0. The van der Waals surface area contributed by atoms with Gasteiger partial charge in [0.2, 0.25) is 0 Å². The lowest BCUT2D eigenvalue weighted by Gasteiger charge is -2.29. The molecular formula is C25H29FO2. The third kappa shape index (κ3) is 3.59. The van der Waals surface area contributed by atoms with Crippen LogP contribution < -0.4 is 5.63 Å². The van der Waals surface area contributed by atoms with Crippen LogP contribution in [0.25, 0.3) is 21.7 Å². The van der Waals surface area contributed by atoms with Crippen LogP contribution in [0.1, 0.15) is 75.3 Å². The van der Waals surface area contributed by atoms with Gasteiger partial charge in [0.25, 0.3) is 0 Å². The van der Waals surface area contributed by atoms with Crippen molar-refractivity contribution in [2.24, 2.45) is 5.92 Å². The molecule has 2 nitrogen and oxygen atoms in total. The molecule has 1 saturated carbocycles. The lowest BCUT2D eigenvalue weighted by Crippen LogP contribution is -2.14. The molecule has 1 aliphatic rings. The molecule has 0 aliphatic heterocycles. The average molecular weight is 381 g/mol. The molecule has 1 aliphatic carbocycles. The van der Waals surface area contributed by atoms with Gasteiger partial charge in [-0.05, 0) is 61.6 Å². The molecule has 1 aromatic heterocycles. The lowest BCUT2D eigenvalue weighted by molar-refractivity contribution is 0.303. The van der Waals surface area contributed by atoms with E-state index in [9.17, 15) is 9.18 Å². The molecule has 0 N–H and O–H groups in total. The van der Waals surface area contributed by atoms with Crippen LogP contribution >= 0.6 is 0 Å². The summed E-state index contributed by atoms with van der Waals surface area (Å²) in [5, 5.41) is 2.02. The number of unbranched alkanes of at least 4 members (excludes halogenated alkanes) is 2. The Balaban J connectivity index is 1.61. The molecular weight excluding hydrogens is 351 g/mol. The van der Waals surface area contributed by atoms with Crippen molar-refractivity contribution in [2.45, 2.75) is 71.1 Å². The zero-order valence-corrected chi connectivity index (χ0v) is 16.9. The summed E-state index contributed by atoms with van der Waals surface area (Å²) in [6.07, 6.45) is 10.3. The second-order valence-corrected chi connectivity index (χ2v) is 8.48. The van der Waals surface area contributed by atoms with Gasteiger partial charge >= 0.3 is 5.63 Å². The van der Waals surface area contributed by atoms with Gasteiger partial charge < -0.3 is 4.42 Å². The molecule has 4 rings (SSSR count). The first-order chi connectivity index (χ1) is 13.6. The van der Waals surface area contributed by atoms with Crippen molar-refractivity contribution < 1.29 is 8.81 Å². The van der Waals surface area contributed by atoms with Gasteiger partial charge in [0, 0.05) is 10.8 Å². The number of hydrogen-bond acceptors (Lipinski definition) is 2. The predicted octanol–water partition coefficient (Wildman–Crippen LogP) is 7.25. The highest BCUT2D eigenvalue weighted by atomic mass is 19.1. The Morgan fingerprint density at radius 2 is 1.75 bits per heavy atom. The maximum Gasteiger partial charge on any atom is 0.344 e. The second kappa shape index (κ2) is 8.06. The van der Waals surface area contributed by atoms with Crippen LogP contribution in [-0.2, 0) is 0 Å². The molecule has 3 aromatic rings. The monoisotopic (exact) mass is 380 g/mol. The number of aryl methyl sites for hydroxylation is 1. The maximum absolute atomic E-state index is 14.4. The van der Waals surface area contributed by atoms with Crippen LogP contribution in [0.5, 0.6) is 0 Å². The van der Waals surface area contributed by atoms with E-state index in [4.69, 9.17) is 4.42 Å². The van der Waals surface area contributed by atoms with Crippen molar-refractivity contribution >= 4 is 21.7 Å². The Morgan fingerprint density at radius 1 is 1.00 bits per heavy atom. The number of benzene rings is 2. The van der Waals surface area contributed by atoms with Crippen LogP contribution in [0.3, 0.4) is 0 Å². The fraction of sp³-hybridized carbons (Fsp3) is 0.480. The second-order valence-electron chi connectivity index (χ2n) is 8.48. The minimum Gasteiger partial charge on any atom is -0.419 e. The standard InChI is InChI=1S/C25H29FO2/c1-3-4-5-6-17-8-10-18(11-9-17)19-12-14-20-21-13-7-16(2)23(26)24(21)28-25(27)22(20)15-19/h7,12-15,17-18H,3-6,8-11H2,1-2H3. The van der Waals surface area contributed by atoms with Crippen molar-refractivity contribution in [3.8, 4) is 0 Å². The Kier molecular flexibility index (Phi) is 5.52. The first-order valence-electron chi connectivity index (χ1n) is 10.7. The molecule has 1 heterocycles. The van der Waals surface area contributed by atoms with Crippen LogP contribution in [0.4, 0.5) is 4.39 Å². The third-order valence-corrected chi connectivity index (χ3v) is 6.57. The first kappa shape index (κ1) is 19.2. The molecule has 0 amide bonds. The number of halogens is 1. The zero-order valence-electron chi connectivity index (χ0n) is 16.9. The van der Waals surface area contributed by atoms with Crippen LogP contribution in [0, 0.1) is 18.7 Å². The van der Waals surface area contributed by atoms with E-state index in [0.717, 1.165) is 11.3 Å². The van der Waals surface area contributed by atoms with E-state index in [1.165, 1.54) is 56.9 Å². The Morgan fingerprint density at radius 3 is 2.50 bits per heavy atom. The predicted molar refractivity (Wildman–Crippen MR) is 114 cm³/mol. The summed E-state index contributed by atoms with van der Waals surface area (Å²) in [6.45, 7) is 3.94. The van der Waals surface area contributed by atoms with Crippen LogP contribution in [-0.4, -0.2) is 0 Å². The average Bonchev–Trinajstić information content (AvgIpc) is 2.72. The van der Waals surface area contributed by atoms with E-state index in [-0.39, 0.29) is 5.58 Å².